The predicted molar refractivity (Wildman–Crippen MR) is 79.8 cm³/mol. The highest BCUT2D eigenvalue weighted by molar-refractivity contribution is 6.74. The lowest BCUT2D eigenvalue weighted by Gasteiger charge is -2.36. The van der Waals surface area contributed by atoms with Gasteiger partial charge >= 0.3 is 0 Å². The minimum Gasteiger partial charge on any atom is -0.413 e. The first kappa shape index (κ1) is 16.1. The molecule has 106 valence electrons. The monoisotopic (exact) mass is 280 g/mol. The van der Waals surface area contributed by atoms with Crippen LogP contribution in [0.2, 0.25) is 18.1 Å². The van der Waals surface area contributed by atoms with Crippen LogP contribution in [0.1, 0.15) is 36.7 Å². The van der Waals surface area contributed by atoms with Crippen molar-refractivity contribution in [2.24, 2.45) is 0 Å². The fourth-order valence-electron chi connectivity index (χ4n) is 1.36. The van der Waals surface area contributed by atoms with Crippen LogP contribution in [-0.4, -0.2) is 25.8 Å². The second kappa shape index (κ2) is 5.99. The number of rotatable bonds is 5. The molecule has 1 aromatic rings. The maximum Gasteiger partial charge on any atom is 0.192 e. The highest BCUT2D eigenvalue weighted by Gasteiger charge is 2.36. The van der Waals surface area contributed by atoms with E-state index in [2.05, 4.69) is 33.9 Å². The Labute approximate surface area is 116 Å². The second-order valence-corrected chi connectivity index (χ2v) is 11.1. The molecule has 0 aliphatic carbocycles. The van der Waals surface area contributed by atoms with Crippen molar-refractivity contribution >= 4 is 14.1 Å². The summed E-state index contributed by atoms with van der Waals surface area (Å²) in [7, 11) is -1.74. The summed E-state index contributed by atoms with van der Waals surface area (Å²) in [5.74, 6) is -0.253. The smallest absolute Gasteiger partial charge is 0.192 e. The van der Waals surface area contributed by atoms with Gasteiger partial charge in [0.05, 0.1) is 6.61 Å². The molecule has 0 unspecified atom stereocenters. The normalized spacial score (nSPS) is 12.5. The summed E-state index contributed by atoms with van der Waals surface area (Å²) in [6.07, 6.45) is 0. The van der Waals surface area contributed by atoms with Crippen LogP contribution in [0.25, 0.3) is 0 Å². The fraction of sp³-hybridized carbons (Fsp3) is 0.533. The molecule has 0 amide bonds. The summed E-state index contributed by atoms with van der Waals surface area (Å²) in [5.41, 5.74) is 1.60. The van der Waals surface area contributed by atoms with E-state index >= 15 is 0 Å². The Kier molecular flexibility index (Phi) is 5.07. The van der Waals surface area contributed by atoms with E-state index in [0.717, 1.165) is 5.56 Å². The number of ketones is 1. The number of carbonyl (C=O) groups is 1. The molecule has 0 aromatic heterocycles. The van der Waals surface area contributed by atoms with E-state index in [4.69, 9.17) is 9.53 Å². The van der Waals surface area contributed by atoms with Crippen LogP contribution in [0.15, 0.2) is 24.3 Å². The van der Waals surface area contributed by atoms with Crippen LogP contribution in [-0.2, 0) is 11.0 Å². The van der Waals surface area contributed by atoms with Gasteiger partial charge in [0.25, 0.3) is 0 Å². The number of aliphatic hydroxyl groups excluding tert-OH is 1. The molecule has 0 spiro atoms. The third-order valence-electron chi connectivity index (χ3n) is 3.83. The molecule has 3 nitrogen and oxygen atoms in total. The molecule has 1 rings (SSSR count). The first-order valence-electron chi connectivity index (χ1n) is 6.54. The lowest BCUT2D eigenvalue weighted by molar-refractivity contribution is 0.0903. The lowest BCUT2D eigenvalue weighted by atomic mass is 10.1. The Bertz CT molecular complexity index is 430. The van der Waals surface area contributed by atoms with E-state index in [1.807, 2.05) is 12.1 Å². The van der Waals surface area contributed by atoms with Gasteiger partial charge in [0.1, 0.15) is 6.61 Å². The van der Waals surface area contributed by atoms with E-state index in [1.54, 1.807) is 12.1 Å². The van der Waals surface area contributed by atoms with Crippen LogP contribution in [0, 0.1) is 0 Å². The van der Waals surface area contributed by atoms with Crippen molar-refractivity contribution in [3.8, 4) is 0 Å². The van der Waals surface area contributed by atoms with Crippen molar-refractivity contribution in [3.63, 3.8) is 0 Å². The molecular weight excluding hydrogens is 256 g/mol. The standard InChI is InChI=1S/C15H24O3Si/c1-15(2,3)19(4,5)18-11-12-6-8-13(9-7-12)14(17)10-16/h6-9,16H,10-11H2,1-5H3. The second-order valence-electron chi connectivity index (χ2n) is 6.33. The zero-order chi connectivity index (χ0) is 14.7. The van der Waals surface area contributed by atoms with Gasteiger partial charge in [0.15, 0.2) is 14.1 Å². The lowest BCUT2D eigenvalue weighted by Crippen LogP contribution is -2.40. The van der Waals surface area contributed by atoms with Crippen LogP contribution >= 0.6 is 0 Å². The number of hydrogen-bond acceptors (Lipinski definition) is 3. The summed E-state index contributed by atoms with van der Waals surface area (Å²) < 4.78 is 6.11. The molecular formula is C15H24O3Si. The van der Waals surface area contributed by atoms with Gasteiger partial charge < -0.3 is 9.53 Å². The molecule has 1 aromatic carbocycles. The Morgan fingerprint density at radius 2 is 1.74 bits per heavy atom. The van der Waals surface area contributed by atoms with Crippen LogP contribution < -0.4 is 0 Å². The molecule has 0 fully saturated rings. The highest BCUT2D eigenvalue weighted by atomic mass is 28.4. The molecule has 0 heterocycles. The van der Waals surface area contributed by atoms with Crippen molar-refractivity contribution in [1.82, 2.24) is 0 Å². The average molecular weight is 280 g/mol. The Balaban J connectivity index is 2.67. The molecule has 1 N–H and O–H groups in total. The quantitative estimate of drug-likeness (QED) is 0.664. The number of Topliss-reactive ketones (excluding diaryl/α,β-unsaturated/α-hetero) is 1. The van der Waals surface area contributed by atoms with Gasteiger partial charge in [-0.15, -0.1) is 0 Å². The SMILES string of the molecule is CC(C)(C)[Si](C)(C)OCc1ccc(C(=O)CO)cc1. The summed E-state index contributed by atoms with van der Waals surface area (Å²) in [4.78, 5) is 11.3. The Hall–Kier alpha value is -0.973. The Morgan fingerprint density at radius 3 is 2.16 bits per heavy atom. The third-order valence-corrected chi connectivity index (χ3v) is 8.30. The molecule has 0 atom stereocenters. The van der Waals surface area contributed by atoms with Gasteiger partial charge in [-0.05, 0) is 23.7 Å². The van der Waals surface area contributed by atoms with Crippen LogP contribution in [0.3, 0.4) is 0 Å². The zero-order valence-electron chi connectivity index (χ0n) is 12.5. The first-order valence-corrected chi connectivity index (χ1v) is 9.45. The number of benzene rings is 1. The van der Waals surface area contributed by atoms with Crippen molar-refractivity contribution in [3.05, 3.63) is 35.4 Å². The maximum atomic E-state index is 11.3. The minimum absolute atomic E-state index is 0.194. The molecule has 4 heteroatoms. The number of carbonyl (C=O) groups excluding carboxylic acids is 1. The summed E-state index contributed by atoms with van der Waals surface area (Å²) in [6.45, 7) is 11.2. The number of aliphatic hydroxyl groups is 1. The summed E-state index contributed by atoms with van der Waals surface area (Å²) >= 11 is 0. The zero-order valence-corrected chi connectivity index (χ0v) is 13.5. The van der Waals surface area contributed by atoms with Crippen molar-refractivity contribution in [1.29, 1.82) is 0 Å². The molecule has 19 heavy (non-hydrogen) atoms. The number of hydrogen-bond donors (Lipinski definition) is 1. The van der Waals surface area contributed by atoms with Gasteiger partial charge in [-0.3, -0.25) is 4.79 Å². The van der Waals surface area contributed by atoms with E-state index in [1.165, 1.54) is 0 Å². The van der Waals surface area contributed by atoms with E-state index in [9.17, 15) is 4.79 Å². The van der Waals surface area contributed by atoms with Gasteiger partial charge in [0.2, 0.25) is 0 Å². The van der Waals surface area contributed by atoms with Gasteiger partial charge in [-0.1, -0.05) is 45.0 Å². The summed E-state index contributed by atoms with van der Waals surface area (Å²) in [5, 5.41) is 8.98. The topological polar surface area (TPSA) is 46.5 Å². The van der Waals surface area contributed by atoms with Gasteiger partial charge in [-0.2, -0.15) is 0 Å². The van der Waals surface area contributed by atoms with Crippen LogP contribution in [0.5, 0.6) is 0 Å². The molecule has 0 saturated heterocycles. The first-order chi connectivity index (χ1) is 8.67. The minimum atomic E-state index is -1.74. The van der Waals surface area contributed by atoms with Crippen molar-refractivity contribution in [2.45, 2.75) is 45.5 Å². The van der Waals surface area contributed by atoms with E-state index in [-0.39, 0.29) is 10.8 Å². The average Bonchev–Trinajstić information content (AvgIpc) is 2.35. The molecule has 0 radical (unpaired) electrons. The predicted octanol–water partition coefficient (Wildman–Crippen LogP) is 3.38. The van der Waals surface area contributed by atoms with Crippen LogP contribution in [0.4, 0.5) is 0 Å². The van der Waals surface area contributed by atoms with Gasteiger partial charge in [-0.25, -0.2) is 0 Å². The third kappa shape index (κ3) is 4.26. The summed E-state index contributed by atoms with van der Waals surface area (Å²) in [6, 6.07) is 7.25. The molecule has 0 aliphatic heterocycles. The fourth-order valence-corrected chi connectivity index (χ4v) is 2.32. The van der Waals surface area contributed by atoms with E-state index in [0.29, 0.717) is 12.2 Å². The van der Waals surface area contributed by atoms with Crippen molar-refractivity contribution < 1.29 is 14.3 Å². The Morgan fingerprint density at radius 1 is 1.21 bits per heavy atom. The van der Waals surface area contributed by atoms with Crippen molar-refractivity contribution in [2.75, 3.05) is 6.61 Å². The largest absolute Gasteiger partial charge is 0.413 e. The molecule has 0 aliphatic rings. The molecule has 0 bridgehead atoms. The maximum absolute atomic E-state index is 11.3. The van der Waals surface area contributed by atoms with Gasteiger partial charge in [0, 0.05) is 5.56 Å². The molecule has 0 saturated carbocycles. The highest BCUT2D eigenvalue weighted by Crippen LogP contribution is 2.37. The van der Waals surface area contributed by atoms with E-state index < -0.39 is 14.9 Å².